The number of nitro benzene ring substituents is 1. The summed E-state index contributed by atoms with van der Waals surface area (Å²) >= 11 is 0. The molecule has 14 nitrogen and oxygen atoms in total. The Morgan fingerprint density at radius 2 is 1.59 bits per heavy atom. The number of non-ortho nitro benzene ring substituents is 1. The van der Waals surface area contributed by atoms with E-state index in [1.54, 1.807) is 0 Å². The van der Waals surface area contributed by atoms with Gasteiger partial charge in [0, 0.05) is 45.2 Å². The number of nitrogens with zero attached hydrogens (tertiary/aromatic N) is 2. The molecule has 0 aliphatic carbocycles. The zero-order valence-corrected chi connectivity index (χ0v) is 18.6. The third kappa shape index (κ3) is 6.57. The van der Waals surface area contributed by atoms with Gasteiger partial charge in [-0.25, -0.2) is 0 Å². The molecule has 182 valence electrons. The number of hydrogen-bond donors (Lipinski definition) is 1. The summed E-state index contributed by atoms with van der Waals surface area (Å²) in [5.74, 6) is -4.45. The van der Waals surface area contributed by atoms with Crippen LogP contribution in [0.4, 0.5) is 5.69 Å². The second-order valence-electron chi connectivity index (χ2n) is 6.98. The topological polar surface area (TPSA) is 194 Å². The molecule has 1 heterocycles. The SMILES string of the molecule is CC(=O)OC[C@@H](OC(C)=O)[C@@H](OC(C)=O)[C@@H](OC(C)=O)C(=O)c1n[nH]c2cc([N+](=O)[O-])ccc12. The Hall–Kier alpha value is -4.36. The fourth-order valence-corrected chi connectivity index (χ4v) is 3.03. The average molecular weight is 479 g/mol. The average Bonchev–Trinajstić information content (AvgIpc) is 3.15. The van der Waals surface area contributed by atoms with Crippen LogP contribution in [-0.2, 0) is 38.1 Å². The molecule has 0 spiro atoms. The fourth-order valence-electron chi connectivity index (χ4n) is 3.03. The fraction of sp³-hybridized carbons (Fsp3) is 0.400. The van der Waals surface area contributed by atoms with Crippen LogP contribution in [0.1, 0.15) is 38.2 Å². The van der Waals surface area contributed by atoms with E-state index in [4.69, 9.17) is 18.9 Å². The molecule has 0 fully saturated rings. The van der Waals surface area contributed by atoms with Crippen molar-refractivity contribution in [2.75, 3.05) is 6.61 Å². The van der Waals surface area contributed by atoms with Gasteiger partial charge in [0.2, 0.25) is 11.9 Å². The molecule has 2 aromatic rings. The van der Waals surface area contributed by atoms with Crippen molar-refractivity contribution in [1.82, 2.24) is 10.2 Å². The van der Waals surface area contributed by atoms with Crippen molar-refractivity contribution >= 4 is 46.3 Å². The predicted octanol–water partition coefficient (Wildman–Crippen LogP) is 1.01. The minimum atomic E-state index is -1.87. The number of rotatable bonds is 10. The summed E-state index contributed by atoms with van der Waals surface area (Å²) < 4.78 is 20.2. The number of benzene rings is 1. The van der Waals surface area contributed by atoms with Crippen LogP contribution < -0.4 is 0 Å². The minimum Gasteiger partial charge on any atom is -0.462 e. The Morgan fingerprint density at radius 3 is 2.12 bits per heavy atom. The molecule has 0 aliphatic rings. The predicted molar refractivity (Wildman–Crippen MR) is 110 cm³/mol. The number of Topliss-reactive ketones (excluding diaryl/α,β-unsaturated/α-hetero) is 1. The molecular formula is C20H21N3O11. The van der Waals surface area contributed by atoms with Gasteiger partial charge in [-0.05, 0) is 6.07 Å². The molecule has 2 rings (SSSR count). The number of H-pyrrole nitrogens is 1. The Labute approximate surface area is 191 Å². The number of hydrogen-bond acceptors (Lipinski definition) is 12. The van der Waals surface area contributed by atoms with E-state index in [-0.39, 0.29) is 22.3 Å². The minimum absolute atomic E-state index is 0.139. The Balaban J connectivity index is 2.56. The van der Waals surface area contributed by atoms with E-state index in [1.807, 2.05) is 0 Å². The number of nitrogens with one attached hydrogen (secondary N) is 1. The number of carbonyl (C=O) groups excluding carboxylic acids is 5. The number of ketones is 1. The van der Waals surface area contributed by atoms with Gasteiger partial charge in [0.1, 0.15) is 12.3 Å². The molecule has 0 aliphatic heterocycles. The third-order valence-corrected chi connectivity index (χ3v) is 4.28. The van der Waals surface area contributed by atoms with Crippen LogP contribution in [0.25, 0.3) is 10.9 Å². The zero-order valence-electron chi connectivity index (χ0n) is 18.6. The lowest BCUT2D eigenvalue weighted by Gasteiger charge is -2.30. The van der Waals surface area contributed by atoms with Gasteiger partial charge in [-0.1, -0.05) is 0 Å². The van der Waals surface area contributed by atoms with Crippen molar-refractivity contribution in [2.45, 2.75) is 46.0 Å². The Morgan fingerprint density at radius 1 is 0.971 bits per heavy atom. The van der Waals surface area contributed by atoms with Crippen molar-refractivity contribution in [3.63, 3.8) is 0 Å². The largest absolute Gasteiger partial charge is 0.462 e. The van der Waals surface area contributed by atoms with Gasteiger partial charge in [-0.3, -0.25) is 39.2 Å². The number of nitro groups is 1. The van der Waals surface area contributed by atoms with Crippen LogP contribution >= 0.6 is 0 Å². The van der Waals surface area contributed by atoms with Gasteiger partial charge < -0.3 is 18.9 Å². The maximum absolute atomic E-state index is 13.4. The van der Waals surface area contributed by atoms with E-state index >= 15 is 0 Å². The normalized spacial score (nSPS) is 13.3. The standard InChI is InChI=1S/C20H21N3O11/c1-9(24)31-8-16(32-10(2)25)19(33-11(3)26)20(34-12(4)27)18(28)17-14-6-5-13(23(29)30)7-15(14)21-22-17/h5-7,16,19-20H,8H2,1-4H3,(H,21,22)/t16-,19-,20+/m1/s1. The maximum atomic E-state index is 13.4. The van der Waals surface area contributed by atoms with Crippen molar-refractivity contribution in [1.29, 1.82) is 0 Å². The van der Waals surface area contributed by atoms with E-state index in [9.17, 15) is 34.1 Å². The van der Waals surface area contributed by atoms with Crippen LogP contribution in [0.15, 0.2) is 18.2 Å². The first-order valence-electron chi connectivity index (χ1n) is 9.72. The Kier molecular flexibility index (Phi) is 8.36. The van der Waals surface area contributed by atoms with Crippen LogP contribution in [0.5, 0.6) is 0 Å². The van der Waals surface area contributed by atoms with Crippen molar-refractivity contribution in [2.24, 2.45) is 0 Å². The van der Waals surface area contributed by atoms with Gasteiger partial charge in [-0.2, -0.15) is 5.10 Å². The van der Waals surface area contributed by atoms with E-state index in [2.05, 4.69) is 10.2 Å². The third-order valence-electron chi connectivity index (χ3n) is 4.28. The maximum Gasteiger partial charge on any atom is 0.303 e. The van der Waals surface area contributed by atoms with E-state index in [0.717, 1.165) is 39.8 Å². The number of ether oxygens (including phenoxy) is 4. The van der Waals surface area contributed by atoms with E-state index < -0.39 is 59.5 Å². The Bertz CT molecular complexity index is 1140. The summed E-state index contributed by atoms with van der Waals surface area (Å²) in [4.78, 5) is 70.3. The van der Waals surface area contributed by atoms with Crippen molar-refractivity contribution < 1.29 is 47.8 Å². The number of aromatic amines is 1. The molecule has 0 radical (unpaired) electrons. The number of fused-ring (bicyclic) bond motifs is 1. The summed E-state index contributed by atoms with van der Waals surface area (Å²) in [5.41, 5.74) is -0.414. The first-order chi connectivity index (χ1) is 15.9. The molecule has 1 N–H and O–H groups in total. The molecule has 0 saturated carbocycles. The summed E-state index contributed by atoms with van der Waals surface area (Å²) in [7, 11) is 0. The molecule has 1 aromatic heterocycles. The lowest BCUT2D eigenvalue weighted by Crippen LogP contribution is -2.50. The monoisotopic (exact) mass is 479 g/mol. The van der Waals surface area contributed by atoms with Gasteiger partial charge in [0.15, 0.2) is 12.2 Å². The van der Waals surface area contributed by atoms with Gasteiger partial charge in [-0.15, -0.1) is 0 Å². The molecule has 34 heavy (non-hydrogen) atoms. The molecular weight excluding hydrogens is 458 g/mol. The van der Waals surface area contributed by atoms with Crippen molar-refractivity contribution in [3.05, 3.63) is 34.0 Å². The highest BCUT2D eigenvalue weighted by molar-refractivity contribution is 6.09. The second-order valence-corrected chi connectivity index (χ2v) is 6.98. The smallest absolute Gasteiger partial charge is 0.303 e. The highest BCUT2D eigenvalue weighted by Crippen LogP contribution is 2.25. The molecule has 0 bridgehead atoms. The number of aromatic nitrogens is 2. The van der Waals surface area contributed by atoms with Crippen LogP contribution in [0.3, 0.4) is 0 Å². The summed E-state index contributed by atoms with van der Waals surface area (Å²) in [6.45, 7) is 3.48. The molecule has 0 amide bonds. The molecule has 1 aromatic carbocycles. The highest BCUT2D eigenvalue weighted by atomic mass is 16.6. The van der Waals surface area contributed by atoms with Gasteiger partial charge >= 0.3 is 23.9 Å². The van der Waals surface area contributed by atoms with Gasteiger partial charge in [0.25, 0.3) is 5.69 Å². The number of esters is 4. The second kappa shape index (κ2) is 11.0. The first kappa shape index (κ1) is 25.9. The van der Waals surface area contributed by atoms with Crippen LogP contribution in [0, 0.1) is 10.1 Å². The van der Waals surface area contributed by atoms with E-state index in [1.165, 1.54) is 6.07 Å². The first-order valence-corrected chi connectivity index (χ1v) is 9.72. The lowest BCUT2D eigenvalue weighted by atomic mass is 9.99. The summed E-state index contributed by atoms with van der Waals surface area (Å²) in [5, 5.41) is 17.5. The lowest BCUT2D eigenvalue weighted by molar-refractivity contribution is -0.384. The highest BCUT2D eigenvalue weighted by Gasteiger charge is 2.43. The quantitative estimate of drug-likeness (QED) is 0.167. The molecule has 0 saturated heterocycles. The molecule has 3 atom stereocenters. The number of carbonyl (C=O) groups is 5. The van der Waals surface area contributed by atoms with Crippen LogP contribution in [-0.4, -0.2) is 69.7 Å². The van der Waals surface area contributed by atoms with Crippen LogP contribution in [0.2, 0.25) is 0 Å². The van der Waals surface area contributed by atoms with Gasteiger partial charge in [0.05, 0.1) is 10.4 Å². The van der Waals surface area contributed by atoms with E-state index in [0.29, 0.717) is 0 Å². The molecule has 0 unspecified atom stereocenters. The summed E-state index contributed by atoms with van der Waals surface area (Å²) in [6.07, 6.45) is -5.12. The summed E-state index contributed by atoms with van der Waals surface area (Å²) in [6, 6.07) is 3.55. The zero-order chi connectivity index (χ0) is 25.6. The molecule has 14 heteroatoms. The van der Waals surface area contributed by atoms with Crippen molar-refractivity contribution in [3.8, 4) is 0 Å².